The van der Waals surface area contributed by atoms with Gasteiger partial charge in [0.25, 0.3) is 0 Å². The minimum absolute atomic E-state index is 1.05. The van der Waals surface area contributed by atoms with Crippen LogP contribution >= 0.6 is 22.7 Å². The van der Waals surface area contributed by atoms with E-state index in [1.807, 2.05) is 11.3 Å². The molecule has 10 rings (SSSR count). The van der Waals surface area contributed by atoms with Crippen LogP contribution in [0.15, 0.2) is 146 Å². The summed E-state index contributed by atoms with van der Waals surface area (Å²) in [6, 6.07) is 52.8. The smallest absolute Gasteiger partial charge is 0.124 e. The van der Waals surface area contributed by atoms with Gasteiger partial charge in [0.05, 0.1) is 21.3 Å². The van der Waals surface area contributed by atoms with E-state index >= 15 is 0 Å². The fourth-order valence-electron chi connectivity index (χ4n) is 6.87. The van der Waals surface area contributed by atoms with Gasteiger partial charge in [0, 0.05) is 42.2 Å². The van der Waals surface area contributed by atoms with Crippen LogP contribution in [0.25, 0.3) is 90.4 Å². The lowest BCUT2D eigenvalue weighted by atomic mass is 10.0. The largest absolute Gasteiger partial charge is 0.309 e. The van der Waals surface area contributed by atoms with Crippen LogP contribution < -0.4 is 0 Å². The van der Waals surface area contributed by atoms with Crippen molar-refractivity contribution >= 4 is 85.6 Å². The molecule has 0 amide bonds. The molecule has 0 fully saturated rings. The average Bonchev–Trinajstić information content (AvgIpc) is 3.79. The molecule has 0 spiro atoms. The number of hydrogen-bond donors (Lipinski definition) is 0. The van der Waals surface area contributed by atoms with Crippen molar-refractivity contribution in [3.63, 3.8) is 0 Å². The molecule has 0 unspecified atom stereocenters. The lowest BCUT2D eigenvalue weighted by Gasteiger charge is -2.09. The van der Waals surface area contributed by atoms with Gasteiger partial charge in [-0.25, -0.2) is 4.98 Å². The predicted octanol–water partition coefficient (Wildman–Crippen LogP) is 12.2. The summed E-state index contributed by atoms with van der Waals surface area (Å²) in [5.74, 6) is 0. The number of aromatic nitrogens is 2. The number of thiazole rings is 1. The summed E-state index contributed by atoms with van der Waals surface area (Å²) in [6.45, 7) is 0. The lowest BCUT2D eigenvalue weighted by Crippen LogP contribution is -1.93. The van der Waals surface area contributed by atoms with E-state index in [2.05, 4.69) is 150 Å². The van der Waals surface area contributed by atoms with E-state index in [1.54, 1.807) is 11.3 Å². The van der Waals surface area contributed by atoms with Crippen molar-refractivity contribution in [2.45, 2.75) is 0 Å². The highest BCUT2D eigenvalue weighted by Crippen LogP contribution is 2.43. The number of nitrogens with zero attached hydrogens (tertiary/aromatic N) is 2. The molecule has 4 heteroatoms. The number of fused-ring (bicyclic) bond motifs is 9. The molecule has 0 bridgehead atoms. The maximum atomic E-state index is 5.13. The van der Waals surface area contributed by atoms with Gasteiger partial charge in [-0.1, -0.05) is 84.9 Å². The van der Waals surface area contributed by atoms with E-state index in [9.17, 15) is 0 Å². The SMILES string of the molecule is c1ccc(-c2ccc3c(c2)sc2ccc4nc(-c5ccc(-n6c7ccccc7c7cc8ccccc8cc76)cc5)sc4c23)cc1. The Bertz CT molecular complexity index is 2750. The summed E-state index contributed by atoms with van der Waals surface area (Å²) in [5, 5.41) is 8.76. The third-order valence-corrected chi connectivity index (χ3v) is 11.3. The molecule has 0 aliphatic rings. The zero-order valence-electron chi connectivity index (χ0n) is 24.1. The Balaban J connectivity index is 1.09. The highest BCUT2D eigenvalue weighted by atomic mass is 32.1. The van der Waals surface area contributed by atoms with E-state index in [4.69, 9.17) is 4.98 Å². The first-order valence-corrected chi connectivity index (χ1v) is 16.8. The molecule has 0 saturated carbocycles. The zero-order chi connectivity index (χ0) is 29.5. The van der Waals surface area contributed by atoms with Crippen LogP contribution in [0.2, 0.25) is 0 Å². The summed E-state index contributed by atoms with van der Waals surface area (Å²) < 4.78 is 6.29. The predicted molar refractivity (Wildman–Crippen MR) is 195 cm³/mol. The molecular formula is C41H24N2S2. The number of rotatable bonds is 3. The number of para-hydroxylation sites is 1. The molecule has 3 aromatic heterocycles. The van der Waals surface area contributed by atoms with Gasteiger partial charge >= 0.3 is 0 Å². The van der Waals surface area contributed by atoms with Gasteiger partial charge in [-0.3, -0.25) is 0 Å². The molecule has 7 aromatic carbocycles. The fourth-order valence-corrected chi connectivity index (χ4v) is 9.21. The van der Waals surface area contributed by atoms with Gasteiger partial charge in [-0.2, -0.15) is 0 Å². The average molecular weight is 609 g/mol. The van der Waals surface area contributed by atoms with E-state index < -0.39 is 0 Å². The molecule has 210 valence electrons. The molecule has 2 nitrogen and oxygen atoms in total. The second-order valence-electron chi connectivity index (χ2n) is 11.6. The highest BCUT2D eigenvalue weighted by Gasteiger charge is 2.16. The van der Waals surface area contributed by atoms with Gasteiger partial charge in [-0.05, 0) is 82.6 Å². The van der Waals surface area contributed by atoms with Crippen molar-refractivity contribution in [3.8, 4) is 27.4 Å². The van der Waals surface area contributed by atoms with Gasteiger partial charge in [0.1, 0.15) is 5.01 Å². The first-order valence-electron chi connectivity index (χ1n) is 15.1. The number of thiophene rings is 1. The third kappa shape index (κ3) is 3.83. The van der Waals surface area contributed by atoms with Gasteiger partial charge in [0.2, 0.25) is 0 Å². The summed E-state index contributed by atoms with van der Waals surface area (Å²) in [7, 11) is 0. The minimum atomic E-state index is 1.05. The molecule has 0 saturated heterocycles. The summed E-state index contributed by atoms with van der Waals surface area (Å²) in [6.07, 6.45) is 0. The van der Waals surface area contributed by atoms with Crippen LogP contribution in [0, 0.1) is 0 Å². The zero-order valence-corrected chi connectivity index (χ0v) is 25.7. The van der Waals surface area contributed by atoms with E-state index in [1.165, 1.54) is 68.6 Å². The molecule has 0 radical (unpaired) electrons. The molecule has 10 aromatic rings. The molecule has 0 atom stereocenters. The Hall–Kier alpha value is -5.29. The van der Waals surface area contributed by atoms with Gasteiger partial charge in [0.15, 0.2) is 0 Å². The fraction of sp³-hybridized carbons (Fsp3) is 0. The Morgan fingerprint density at radius 2 is 1.22 bits per heavy atom. The first kappa shape index (κ1) is 25.1. The Morgan fingerprint density at radius 1 is 0.467 bits per heavy atom. The van der Waals surface area contributed by atoms with Crippen molar-refractivity contribution < 1.29 is 0 Å². The van der Waals surface area contributed by atoms with Crippen molar-refractivity contribution in [2.24, 2.45) is 0 Å². The molecule has 0 aliphatic carbocycles. The molecule has 45 heavy (non-hydrogen) atoms. The summed E-state index contributed by atoms with van der Waals surface area (Å²) in [5.41, 5.74) is 8.31. The van der Waals surface area contributed by atoms with Crippen molar-refractivity contribution in [3.05, 3.63) is 146 Å². The van der Waals surface area contributed by atoms with Crippen LogP contribution in [0.5, 0.6) is 0 Å². The third-order valence-electron chi connectivity index (χ3n) is 9.01. The Labute approximate surface area is 267 Å². The lowest BCUT2D eigenvalue weighted by molar-refractivity contribution is 1.18. The monoisotopic (exact) mass is 608 g/mol. The van der Waals surface area contributed by atoms with Crippen molar-refractivity contribution in [1.82, 2.24) is 9.55 Å². The topological polar surface area (TPSA) is 17.8 Å². The molecule has 0 N–H and O–H groups in total. The number of benzene rings is 7. The maximum absolute atomic E-state index is 5.13. The summed E-state index contributed by atoms with van der Waals surface area (Å²) >= 11 is 3.67. The van der Waals surface area contributed by atoms with Gasteiger partial charge < -0.3 is 4.57 Å². The highest BCUT2D eigenvalue weighted by molar-refractivity contribution is 7.28. The second-order valence-corrected chi connectivity index (χ2v) is 13.7. The molecule has 3 heterocycles. The van der Waals surface area contributed by atoms with E-state index in [-0.39, 0.29) is 0 Å². The second kappa shape index (κ2) is 9.60. The van der Waals surface area contributed by atoms with Crippen molar-refractivity contribution in [2.75, 3.05) is 0 Å². The van der Waals surface area contributed by atoms with E-state index in [0.29, 0.717) is 0 Å². The first-order chi connectivity index (χ1) is 22.3. The van der Waals surface area contributed by atoms with Crippen LogP contribution in [0.1, 0.15) is 0 Å². The van der Waals surface area contributed by atoms with Crippen LogP contribution in [0.3, 0.4) is 0 Å². The standard InChI is InChI=1S/C41H24N2S2/c1-2-8-25(9-3-1)29-16-19-32-38(24-29)44-37-21-20-34-40(39(32)37)45-41(42-34)26-14-17-30(18-15-26)43-35-13-7-6-12-31(35)33-22-27-10-4-5-11-28(27)23-36(33)43/h1-24H. The van der Waals surface area contributed by atoms with Crippen LogP contribution in [-0.4, -0.2) is 9.55 Å². The minimum Gasteiger partial charge on any atom is -0.309 e. The normalized spacial score (nSPS) is 12.0. The Kier molecular flexibility index (Phi) is 5.35. The summed E-state index contributed by atoms with van der Waals surface area (Å²) in [4.78, 5) is 5.13. The van der Waals surface area contributed by atoms with Gasteiger partial charge in [-0.15, -0.1) is 22.7 Å². The maximum Gasteiger partial charge on any atom is 0.124 e. The Morgan fingerprint density at radius 3 is 2.09 bits per heavy atom. The number of hydrogen-bond acceptors (Lipinski definition) is 3. The van der Waals surface area contributed by atoms with Crippen LogP contribution in [0.4, 0.5) is 0 Å². The van der Waals surface area contributed by atoms with E-state index in [0.717, 1.165) is 21.8 Å². The quantitative estimate of drug-likeness (QED) is 0.195. The molecule has 0 aliphatic heterocycles. The van der Waals surface area contributed by atoms with Crippen LogP contribution in [-0.2, 0) is 0 Å². The molecular weight excluding hydrogens is 585 g/mol. The van der Waals surface area contributed by atoms with Crippen molar-refractivity contribution in [1.29, 1.82) is 0 Å².